The minimum absolute atomic E-state index is 0.0847. The van der Waals surface area contributed by atoms with Crippen LogP contribution in [0.25, 0.3) is 6.08 Å². The minimum Gasteiger partial charge on any atom is -0.326 e. The molecule has 31 heavy (non-hydrogen) atoms. The zero-order valence-electron chi connectivity index (χ0n) is 17.2. The highest BCUT2D eigenvalue weighted by molar-refractivity contribution is 7.98. The summed E-state index contributed by atoms with van der Waals surface area (Å²) in [5, 5.41) is 2.96. The van der Waals surface area contributed by atoms with Gasteiger partial charge in [-0.2, -0.15) is 0 Å². The maximum absolute atomic E-state index is 12.8. The van der Waals surface area contributed by atoms with Crippen LogP contribution in [0, 0.1) is 0 Å². The Bertz CT molecular complexity index is 1100. The van der Waals surface area contributed by atoms with Crippen molar-refractivity contribution in [3.63, 3.8) is 0 Å². The molecule has 3 aromatic rings. The van der Waals surface area contributed by atoms with E-state index in [0.717, 1.165) is 27.5 Å². The molecule has 1 N–H and O–H groups in total. The molecule has 2 aromatic carbocycles. The SMILES string of the molecule is CC(=O)N1C=Cc2ccccc2[C@H]1CC(=O)Nc1ccc(SCc2cccnc2)cc1. The second kappa shape index (κ2) is 9.62. The van der Waals surface area contributed by atoms with Crippen molar-refractivity contribution in [2.24, 2.45) is 0 Å². The quantitative estimate of drug-likeness (QED) is 0.542. The van der Waals surface area contributed by atoms with Crippen LogP contribution in [0.2, 0.25) is 0 Å². The maximum atomic E-state index is 12.8. The first-order valence-electron chi connectivity index (χ1n) is 10.1. The Balaban J connectivity index is 1.39. The number of amides is 2. The Labute approximate surface area is 186 Å². The van der Waals surface area contributed by atoms with Gasteiger partial charge in [-0.25, -0.2) is 0 Å². The van der Waals surface area contributed by atoms with Crippen LogP contribution in [0.5, 0.6) is 0 Å². The number of hydrogen-bond acceptors (Lipinski definition) is 4. The maximum Gasteiger partial charge on any atom is 0.226 e. The number of pyridine rings is 1. The molecule has 1 aromatic heterocycles. The Morgan fingerprint density at radius 1 is 1.06 bits per heavy atom. The van der Waals surface area contributed by atoms with Crippen molar-refractivity contribution in [3.8, 4) is 0 Å². The van der Waals surface area contributed by atoms with Gasteiger partial charge in [-0.1, -0.05) is 30.3 Å². The van der Waals surface area contributed by atoms with Crippen molar-refractivity contribution in [1.29, 1.82) is 0 Å². The standard InChI is InChI=1S/C25H23N3O2S/c1-18(29)28-14-12-20-6-2-3-7-23(20)24(28)15-25(30)27-21-8-10-22(11-9-21)31-17-19-5-4-13-26-16-19/h2-14,16,24H,15,17H2,1H3,(H,27,30)/t24-/m1/s1. The number of rotatable bonds is 6. The first kappa shape index (κ1) is 20.9. The number of carbonyl (C=O) groups is 2. The van der Waals surface area contributed by atoms with Gasteiger partial charge >= 0.3 is 0 Å². The third-order valence-corrected chi connectivity index (χ3v) is 6.20. The number of thioether (sulfide) groups is 1. The summed E-state index contributed by atoms with van der Waals surface area (Å²) in [6, 6.07) is 19.3. The van der Waals surface area contributed by atoms with Crippen molar-refractivity contribution >= 4 is 35.3 Å². The number of nitrogens with zero attached hydrogens (tertiary/aromatic N) is 2. The summed E-state index contributed by atoms with van der Waals surface area (Å²) >= 11 is 1.72. The Morgan fingerprint density at radius 3 is 2.61 bits per heavy atom. The lowest BCUT2D eigenvalue weighted by atomic mass is 9.93. The van der Waals surface area contributed by atoms with Crippen molar-refractivity contribution in [3.05, 3.63) is 95.9 Å². The van der Waals surface area contributed by atoms with Crippen LogP contribution in [-0.4, -0.2) is 21.7 Å². The zero-order valence-corrected chi connectivity index (χ0v) is 18.0. The minimum atomic E-state index is -0.312. The fraction of sp³-hybridized carbons (Fsp3) is 0.160. The van der Waals surface area contributed by atoms with E-state index in [1.807, 2.05) is 66.9 Å². The molecular formula is C25H23N3O2S. The van der Waals surface area contributed by atoms with Gasteiger partial charge < -0.3 is 10.2 Å². The predicted octanol–water partition coefficient (Wildman–Crippen LogP) is 5.28. The number of fused-ring (bicyclic) bond motifs is 1. The molecule has 0 saturated carbocycles. The molecule has 0 spiro atoms. The highest BCUT2D eigenvalue weighted by Gasteiger charge is 2.28. The average Bonchev–Trinajstić information content (AvgIpc) is 2.79. The van der Waals surface area contributed by atoms with E-state index in [2.05, 4.69) is 16.4 Å². The molecule has 5 nitrogen and oxygen atoms in total. The monoisotopic (exact) mass is 429 g/mol. The lowest BCUT2D eigenvalue weighted by molar-refractivity contribution is -0.129. The number of anilines is 1. The van der Waals surface area contributed by atoms with Gasteiger partial charge in [-0.3, -0.25) is 14.6 Å². The Kier molecular flexibility index (Phi) is 6.48. The molecule has 0 aliphatic carbocycles. The zero-order chi connectivity index (χ0) is 21.6. The van der Waals surface area contributed by atoms with Gasteiger partial charge in [0.1, 0.15) is 0 Å². The summed E-state index contributed by atoms with van der Waals surface area (Å²) in [4.78, 5) is 31.7. The lowest BCUT2D eigenvalue weighted by Gasteiger charge is -2.32. The van der Waals surface area contributed by atoms with Gasteiger partial charge in [0.15, 0.2) is 0 Å². The number of aromatic nitrogens is 1. The van der Waals surface area contributed by atoms with Crippen molar-refractivity contribution in [2.75, 3.05) is 5.32 Å². The lowest BCUT2D eigenvalue weighted by Crippen LogP contribution is -2.33. The Morgan fingerprint density at radius 2 is 1.87 bits per heavy atom. The molecule has 2 heterocycles. The largest absolute Gasteiger partial charge is 0.326 e. The van der Waals surface area contributed by atoms with Crippen molar-refractivity contribution < 1.29 is 9.59 Å². The van der Waals surface area contributed by atoms with Crippen molar-refractivity contribution in [1.82, 2.24) is 9.88 Å². The second-order valence-corrected chi connectivity index (χ2v) is 8.36. The number of benzene rings is 2. The molecule has 2 amide bonds. The molecule has 1 atom stereocenters. The molecule has 156 valence electrons. The van der Waals surface area contributed by atoms with Crippen LogP contribution in [0.4, 0.5) is 5.69 Å². The van der Waals surface area contributed by atoms with Crippen LogP contribution < -0.4 is 5.32 Å². The van der Waals surface area contributed by atoms with Gasteiger partial charge in [0.2, 0.25) is 11.8 Å². The van der Waals surface area contributed by atoms with Gasteiger partial charge in [0, 0.05) is 41.9 Å². The molecule has 6 heteroatoms. The molecule has 1 aliphatic heterocycles. The summed E-state index contributed by atoms with van der Waals surface area (Å²) in [5.41, 5.74) is 3.93. The van der Waals surface area contributed by atoms with E-state index in [-0.39, 0.29) is 24.3 Å². The second-order valence-electron chi connectivity index (χ2n) is 7.31. The summed E-state index contributed by atoms with van der Waals surface area (Å²) in [7, 11) is 0. The van der Waals surface area contributed by atoms with Crippen LogP contribution >= 0.6 is 11.8 Å². The third-order valence-electron chi connectivity index (χ3n) is 5.11. The smallest absolute Gasteiger partial charge is 0.226 e. The van der Waals surface area contributed by atoms with E-state index < -0.39 is 0 Å². The van der Waals surface area contributed by atoms with E-state index in [1.54, 1.807) is 29.1 Å². The Hall–Kier alpha value is -3.38. The van der Waals surface area contributed by atoms with Crippen molar-refractivity contribution in [2.45, 2.75) is 30.0 Å². The third kappa shape index (κ3) is 5.22. The van der Waals surface area contributed by atoms with Gasteiger partial charge in [0.25, 0.3) is 0 Å². The summed E-state index contributed by atoms with van der Waals surface area (Å²) in [5.74, 6) is 0.630. The molecule has 4 rings (SSSR count). The number of nitrogens with one attached hydrogen (secondary N) is 1. The number of hydrogen-bond donors (Lipinski definition) is 1. The van der Waals surface area contributed by atoms with E-state index in [4.69, 9.17) is 0 Å². The molecule has 0 unspecified atom stereocenters. The topological polar surface area (TPSA) is 62.3 Å². The van der Waals surface area contributed by atoms with Gasteiger partial charge in [-0.05, 0) is 53.1 Å². The average molecular weight is 430 g/mol. The van der Waals surface area contributed by atoms with Crippen LogP contribution in [0.15, 0.2) is 84.2 Å². The van der Waals surface area contributed by atoms with Crippen LogP contribution in [0.1, 0.15) is 36.1 Å². The van der Waals surface area contributed by atoms with Gasteiger partial charge in [-0.15, -0.1) is 11.8 Å². The van der Waals surface area contributed by atoms with E-state index in [1.165, 1.54) is 12.5 Å². The first-order chi connectivity index (χ1) is 15.1. The fourth-order valence-corrected chi connectivity index (χ4v) is 4.42. The summed E-state index contributed by atoms with van der Waals surface area (Å²) in [6.07, 6.45) is 7.50. The molecule has 1 aliphatic rings. The molecule has 0 fully saturated rings. The van der Waals surface area contributed by atoms with Crippen LogP contribution in [0.3, 0.4) is 0 Å². The highest BCUT2D eigenvalue weighted by Crippen LogP contribution is 2.33. The summed E-state index contributed by atoms with van der Waals surface area (Å²) < 4.78 is 0. The normalized spacial score (nSPS) is 14.7. The predicted molar refractivity (Wildman–Crippen MR) is 124 cm³/mol. The first-order valence-corrected chi connectivity index (χ1v) is 11.1. The van der Waals surface area contributed by atoms with E-state index >= 15 is 0 Å². The highest BCUT2D eigenvalue weighted by atomic mass is 32.2. The van der Waals surface area contributed by atoms with Crippen LogP contribution in [-0.2, 0) is 15.3 Å². The molecule has 0 radical (unpaired) electrons. The van der Waals surface area contributed by atoms with E-state index in [0.29, 0.717) is 0 Å². The molecular weight excluding hydrogens is 406 g/mol. The molecule has 0 saturated heterocycles. The summed E-state index contributed by atoms with van der Waals surface area (Å²) in [6.45, 7) is 1.52. The number of carbonyl (C=O) groups excluding carboxylic acids is 2. The van der Waals surface area contributed by atoms with E-state index in [9.17, 15) is 9.59 Å². The fourth-order valence-electron chi connectivity index (χ4n) is 3.59. The van der Waals surface area contributed by atoms with Gasteiger partial charge in [0.05, 0.1) is 12.5 Å². The molecule has 0 bridgehead atoms.